The highest BCUT2D eigenvalue weighted by Crippen LogP contribution is 2.45. The summed E-state index contributed by atoms with van der Waals surface area (Å²) in [5.41, 5.74) is 0.331. The molecule has 0 aliphatic carbocycles. The van der Waals surface area contributed by atoms with Gasteiger partial charge in [-0.1, -0.05) is 0 Å². The second kappa shape index (κ2) is 14.7. The van der Waals surface area contributed by atoms with Crippen LogP contribution in [0.15, 0.2) is 36.9 Å². The number of hydrogen-bond acceptors (Lipinski definition) is 10. The molecule has 3 aliphatic heterocycles. The van der Waals surface area contributed by atoms with E-state index < -0.39 is 17.1 Å². The van der Waals surface area contributed by atoms with Crippen molar-refractivity contribution in [1.82, 2.24) is 29.7 Å². The molecule has 3 fully saturated rings. The van der Waals surface area contributed by atoms with Gasteiger partial charge in [0.2, 0.25) is 0 Å². The molecule has 5 heterocycles. The smallest absolute Gasteiger partial charge is 0.258 e. The number of anilines is 2. The van der Waals surface area contributed by atoms with E-state index in [-0.39, 0.29) is 46.9 Å². The van der Waals surface area contributed by atoms with E-state index in [9.17, 15) is 17.9 Å². The highest BCUT2D eigenvalue weighted by Gasteiger charge is 2.46. The lowest BCUT2D eigenvalue weighted by atomic mass is 9.72. The number of aryl methyl sites for hydroxylation is 1. The normalized spacial score (nSPS) is 21.5. The SMILES string of the molecule is Cc1ncc(N([C@@H]2CC[C@@H](CN3CCC4(CC3)CN(c3ncncc3Oc3ccc(F)cc3C(=O)N(C(C)C)C(C)C)C4)OC2)S(=O)[O-])[nH]1. The first-order valence-electron chi connectivity index (χ1n) is 17.0. The monoisotopic (exact) mass is 697 g/mol. The Morgan fingerprint density at radius 2 is 1.88 bits per heavy atom. The van der Waals surface area contributed by atoms with Gasteiger partial charge in [0.1, 0.15) is 29.5 Å². The lowest BCUT2D eigenvalue weighted by Crippen LogP contribution is -2.61. The molecule has 13 nitrogen and oxygen atoms in total. The number of amides is 1. The first-order valence-corrected chi connectivity index (χ1v) is 18.1. The van der Waals surface area contributed by atoms with Crippen LogP contribution in [0.1, 0.15) is 69.6 Å². The number of imidazole rings is 1. The Kier molecular flexibility index (Phi) is 10.5. The molecular formula is C34H46FN8O5S-. The van der Waals surface area contributed by atoms with Crippen LogP contribution in [-0.2, 0) is 16.0 Å². The van der Waals surface area contributed by atoms with Crippen molar-refractivity contribution in [2.75, 3.05) is 48.5 Å². The Morgan fingerprint density at radius 1 is 1.14 bits per heavy atom. The van der Waals surface area contributed by atoms with Crippen molar-refractivity contribution in [3.63, 3.8) is 0 Å². The summed E-state index contributed by atoms with van der Waals surface area (Å²) in [5, 5.41) is 0. The van der Waals surface area contributed by atoms with E-state index in [0.717, 1.165) is 52.0 Å². The number of aromatic nitrogens is 4. The summed E-state index contributed by atoms with van der Waals surface area (Å²) in [6, 6.07) is 3.60. The fourth-order valence-electron chi connectivity index (χ4n) is 7.47. The Balaban J connectivity index is 1.03. The number of piperidine rings is 1. The number of likely N-dealkylation sites (tertiary alicyclic amines) is 1. The van der Waals surface area contributed by atoms with Gasteiger partial charge >= 0.3 is 0 Å². The minimum Gasteiger partial charge on any atom is -0.755 e. The summed E-state index contributed by atoms with van der Waals surface area (Å²) in [4.78, 5) is 35.8. The molecule has 3 atom stereocenters. The van der Waals surface area contributed by atoms with Crippen LogP contribution in [0.25, 0.3) is 0 Å². The number of benzene rings is 1. The van der Waals surface area contributed by atoms with Crippen LogP contribution in [-0.4, -0.2) is 108 Å². The second-order valence-electron chi connectivity index (χ2n) is 14.1. The average molecular weight is 698 g/mol. The molecule has 2 aromatic heterocycles. The van der Waals surface area contributed by atoms with Crippen molar-refractivity contribution in [2.45, 2.75) is 84.5 Å². The highest BCUT2D eigenvalue weighted by molar-refractivity contribution is 7.80. The highest BCUT2D eigenvalue weighted by atomic mass is 32.2. The van der Waals surface area contributed by atoms with Crippen molar-refractivity contribution in [3.05, 3.63) is 54.1 Å². The Labute approximate surface area is 289 Å². The van der Waals surface area contributed by atoms with E-state index in [2.05, 4.69) is 29.7 Å². The predicted molar refractivity (Wildman–Crippen MR) is 183 cm³/mol. The van der Waals surface area contributed by atoms with Gasteiger partial charge in [-0.15, -0.1) is 0 Å². The van der Waals surface area contributed by atoms with Crippen LogP contribution in [0.3, 0.4) is 0 Å². The fraction of sp³-hybridized carbons (Fsp3) is 0.588. The summed E-state index contributed by atoms with van der Waals surface area (Å²) in [5.74, 6) is 1.66. The maximum absolute atomic E-state index is 14.4. The van der Waals surface area contributed by atoms with Crippen molar-refractivity contribution in [2.24, 2.45) is 5.41 Å². The lowest BCUT2D eigenvalue weighted by molar-refractivity contribution is -0.0270. The number of carbonyl (C=O) groups excluding carboxylic acids is 1. The fourth-order valence-corrected chi connectivity index (χ4v) is 8.13. The number of hydrogen-bond donors (Lipinski definition) is 1. The molecule has 1 spiro atoms. The third-order valence-corrected chi connectivity index (χ3v) is 10.7. The molecule has 1 unspecified atom stereocenters. The number of carbonyl (C=O) groups is 1. The average Bonchev–Trinajstić information content (AvgIpc) is 3.47. The van der Waals surface area contributed by atoms with Gasteiger partial charge in [0, 0.05) is 48.4 Å². The second-order valence-corrected chi connectivity index (χ2v) is 14.9. The number of nitrogens with one attached hydrogen (secondary N) is 1. The summed E-state index contributed by atoms with van der Waals surface area (Å²) < 4.78 is 52.2. The number of halogens is 1. The van der Waals surface area contributed by atoms with Crippen molar-refractivity contribution in [1.29, 1.82) is 0 Å². The molecule has 0 radical (unpaired) electrons. The number of ether oxygens (including phenoxy) is 2. The lowest BCUT2D eigenvalue weighted by Gasteiger charge is -2.54. The summed E-state index contributed by atoms with van der Waals surface area (Å²) in [6.45, 7) is 14.3. The van der Waals surface area contributed by atoms with Gasteiger partial charge in [-0.2, -0.15) is 0 Å². The third-order valence-electron chi connectivity index (χ3n) is 9.89. The summed E-state index contributed by atoms with van der Waals surface area (Å²) >= 11 is -2.42. The molecule has 0 bridgehead atoms. The minimum absolute atomic E-state index is 0.0609. The van der Waals surface area contributed by atoms with Gasteiger partial charge in [0.15, 0.2) is 11.6 Å². The Bertz CT molecular complexity index is 1620. The molecule has 15 heteroatoms. The largest absolute Gasteiger partial charge is 0.755 e. The summed E-state index contributed by atoms with van der Waals surface area (Å²) in [7, 11) is 0. The molecule has 49 heavy (non-hydrogen) atoms. The zero-order valence-corrected chi connectivity index (χ0v) is 29.6. The zero-order chi connectivity index (χ0) is 34.9. The van der Waals surface area contributed by atoms with E-state index in [0.29, 0.717) is 36.2 Å². The van der Waals surface area contributed by atoms with E-state index >= 15 is 0 Å². The zero-order valence-electron chi connectivity index (χ0n) is 28.8. The maximum atomic E-state index is 14.4. The first kappa shape index (κ1) is 35.2. The number of nitrogens with zero attached hydrogens (tertiary/aromatic N) is 7. The van der Waals surface area contributed by atoms with Crippen LogP contribution >= 0.6 is 0 Å². The van der Waals surface area contributed by atoms with Gasteiger partial charge in [-0.05, 0) is 91.6 Å². The van der Waals surface area contributed by atoms with Crippen molar-refractivity contribution < 1.29 is 27.4 Å². The quantitative estimate of drug-likeness (QED) is 0.286. The van der Waals surface area contributed by atoms with E-state index in [1.54, 1.807) is 24.2 Å². The molecule has 266 valence electrons. The van der Waals surface area contributed by atoms with E-state index in [1.165, 1.54) is 28.8 Å². The minimum atomic E-state index is -2.42. The van der Waals surface area contributed by atoms with Gasteiger partial charge in [-0.3, -0.25) is 13.3 Å². The molecular weight excluding hydrogens is 651 g/mol. The molecule has 1 N–H and O–H groups in total. The molecule has 3 aliphatic rings. The molecule has 0 saturated carbocycles. The van der Waals surface area contributed by atoms with E-state index in [4.69, 9.17) is 9.47 Å². The standard InChI is InChI=1S/C34H47FN8O5S/c1-22(2)42(23(3)4)33(44)28-14-25(35)6-9-29(28)48-30-15-36-21-38-32(30)41-19-34(20-41)10-12-40(13-11-34)17-27-8-7-26(18-47-27)43(49(45)46)31-16-37-24(5)39-31/h6,9,14-16,21-23,26-27H,7-8,10-13,17-20H2,1-5H3,(H,37,39)(H,45,46)/p-1/t26-,27+/m1/s1. The van der Waals surface area contributed by atoms with Crippen LogP contribution in [0, 0.1) is 18.2 Å². The van der Waals surface area contributed by atoms with E-state index in [1.807, 2.05) is 27.7 Å². The summed E-state index contributed by atoms with van der Waals surface area (Å²) in [6.07, 6.45) is 8.27. The van der Waals surface area contributed by atoms with Gasteiger partial charge in [0.25, 0.3) is 5.91 Å². The number of rotatable bonds is 11. The Hall–Kier alpha value is -3.66. The van der Waals surface area contributed by atoms with Crippen LogP contribution in [0.5, 0.6) is 11.5 Å². The third kappa shape index (κ3) is 7.74. The molecule has 3 aromatic rings. The maximum Gasteiger partial charge on any atom is 0.258 e. The van der Waals surface area contributed by atoms with Crippen LogP contribution in [0.2, 0.25) is 0 Å². The molecule has 1 amide bonds. The van der Waals surface area contributed by atoms with Crippen molar-refractivity contribution >= 4 is 28.8 Å². The predicted octanol–water partition coefficient (Wildman–Crippen LogP) is 4.45. The topological polar surface area (TPSA) is 143 Å². The molecule has 1 aromatic carbocycles. The molecule has 6 rings (SSSR count). The number of aromatic amines is 1. The number of H-pyrrole nitrogens is 1. The van der Waals surface area contributed by atoms with Gasteiger partial charge < -0.3 is 33.7 Å². The first-order chi connectivity index (χ1) is 23.4. The molecule has 3 saturated heterocycles. The van der Waals surface area contributed by atoms with Gasteiger partial charge in [0.05, 0.1) is 36.7 Å². The van der Waals surface area contributed by atoms with Crippen LogP contribution < -0.4 is 13.9 Å². The van der Waals surface area contributed by atoms with Gasteiger partial charge in [-0.25, -0.2) is 19.3 Å². The Morgan fingerprint density at radius 3 is 2.49 bits per heavy atom. The van der Waals surface area contributed by atoms with Crippen molar-refractivity contribution in [3.8, 4) is 11.5 Å². The van der Waals surface area contributed by atoms with Crippen LogP contribution in [0.4, 0.5) is 16.0 Å².